The fourth-order valence-corrected chi connectivity index (χ4v) is 5.90. The molecule has 0 unspecified atom stereocenters. The van der Waals surface area contributed by atoms with E-state index in [0.717, 1.165) is 43.2 Å². The molecule has 3 aromatic carbocycles. The van der Waals surface area contributed by atoms with E-state index >= 15 is 0 Å². The van der Waals surface area contributed by atoms with Gasteiger partial charge in [-0.15, -0.1) is 0 Å². The lowest BCUT2D eigenvalue weighted by Gasteiger charge is -2.12. The van der Waals surface area contributed by atoms with Gasteiger partial charge in [0.15, 0.2) is 5.70 Å². The molecule has 1 aliphatic rings. The molecule has 0 N–H and O–H groups in total. The fraction of sp³-hybridized carbons (Fsp3) is 0.0833. The van der Waals surface area contributed by atoms with Gasteiger partial charge < -0.3 is 9.47 Å². The zero-order valence-electron chi connectivity index (χ0n) is 16.7. The molecule has 1 heterocycles. The molecule has 4 nitrogen and oxygen atoms in total. The van der Waals surface area contributed by atoms with Gasteiger partial charge in [0.05, 0.1) is 7.14 Å². The lowest BCUT2D eigenvalue weighted by Crippen LogP contribution is -2.05. The Morgan fingerprint density at radius 2 is 1.75 bits per heavy atom. The highest BCUT2D eigenvalue weighted by molar-refractivity contribution is 14.1. The number of esters is 1. The molecule has 0 spiro atoms. The third-order valence-corrected chi connectivity index (χ3v) is 8.27. The van der Waals surface area contributed by atoms with Gasteiger partial charge in [-0.25, -0.2) is 9.79 Å². The smallest absolute Gasteiger partial charge is 0.363 e. The molecule has 0 radical (unpaired) electrons. The van der Waals surface area contributed by atoms with Crippen molar-refractivity contribution < 1.29 is 14.3 Å². The quantitative estimate of drug-likeness (QED) is 0.152. The van der Waals surface area contributed by atoms with Crippen LogP contribution in [0.25, 0.3) is 6.08 Å². The van der Waals surface area contributed by atoms with E-state index in [2.05, 4.69) is 88.7 Å². The molecular weight excluding hydrogens is 811 g/mol. The zero-order valence-corrected chi connectivity index (χ0v) is 24.7. The predicted molar refractivity (Wildman–Crippen MR) is 155 cm³/mol. The first-order valence-corrected chi connectivity index (χ1v) is 13.5. The summed E-state index contributed by atoms with van der Waals surface area (Å²) in [6, 6.07) is 17.8. The second-order valence-electron chi connectivity index (χ2n) is 6.99. The number of hydrogen-bond acceptors (Lipinski definition) is 4. The number of benzene rings is 3. The first kappa shape index (κ1) is 24.1. The summed E-state index contributed by atoms with van der Waals surface area (Å²) in [6.45, 7) is 2.48. The fourth-order valence-electron chi connectivity index (χ4n) is 3.03. The molecule has 0 atom stereocenters. The van der Waals surface area contributed by atoms with Crippen LogP contribution in [0.2, 0.25) is 0 Å². The van der Waals surface area contributed by atoms with Crippen molar-refractivity contribution in [3.63, 3.8) is 0 Å². The van der Waals surface area contributed by atoms with Crippen molar-refractivity contribution >= 4 is 102 Å². The number of aliphatic imine (C=N–C) groups is 1. The second-order valence-corrected chi connectivity index (χ2v) is 11.3. The summed E-state index contributed by atoms with van der Waals surface area (Å²) in [4.78, 5) is 16.8. The monoisotopic (exact) mass is 825 g/mol. The molecule has 0 aromatic heterocycles. The van der Waals surface area contributed by atoms with Crippen LogP contribution in [-0.2, 0) is 16.1 Å². The molecule has 0 fully saturated rings. The summed E-state index contributed by atoms with van der Waals surface area (Å²) in [5.41, 5.74) is 4.13. The predicted octanol–water partition coefficient (Wildman–Crippen LogP) is 7.49. The van der Waals surface area contributed by atoms with Crippen LogP contribution in [0.5, 0.6) is 5.75 Å². The maximum absolute atomic E-state index is 12.4. The van der Waals surface area contributed by atoms with Crippen molar-refractivity contribution in [1.82, 2.24) is 0 Å². The van der Waals surface area contributed by atoms with Gasteiger partial charge in [-0.2, -0.15) is 0 Å². The van der Waals surface area contributed by atoms with Crippen LogP contribution in [0.3, 0.4) is 0 Å². The van der Waals surface area contributed by atoms with E-state index in [1.54, 1.807) is 6.08 Å². The van der Waals surface area contributed by atoms with E-state index in [1.165, 1.54) is 0 Å². The average molecular weight is 826 g/mol. The largest absolute Gasteiger partial charge is 0.487 e. The summed E-state index contributed by atoms with van der Waals surface area (Å²) in [6.07, 6.45) is 1.75. The Balaban J connectivity index is 1.57. The first-order valence-electron chi connectivity index (χ1n) is 9.46. The number of carbonyl (C=O) groups excluding carboxylic acids is 1. The summed E-state index contributed by atoms with van der Waals surface area (Å²) in [5.74, 6) is 0.700. The lowest BCUT2D eigenvalue weighted by atomic mass is 10.1. The Bertz CT molecular complexity index is 1260. The first-order chi connectivity index (χ1) is 15.3. The van der Waals surface area contributed by atoms with Gasteiger partial charge in [-0.3, -0.25) is 0 Å². The van der Waals surface area contributed by atoms with Crippen LogP contribution in [0.1, 0.15) is 22.3 Å². The van der Waals surface area contributed by atoms with Gasteiger partial charge in [-0.1, -0.05) is 34.1 Å². The highest BCUT2D eigenvalue weighted by Gasteiger charge is 2.24. The van der Waals surface area contributed by atoms with Gasteiger partial charge in [0.25, 0.3) is 0 Å². The Morgan fingerprint density at radius 1 is 1.03 bits per heavy atom. The molecule has 32 heavy (non-hydrogen) atoms. The van der Waals surface area contributed by atoms with Crippen LogP contribution in [-0.4, -0.2) is 11.9 Å². The molecule has 4 rings (SSSR count). The Hall–Kier alpha value is -0.990. The lowest BCUT2D eigenvalue weighted by molar-refractivity contribution is -0.129. The van der Waals surface area contributed by atoms with Gasteiger partial charge in [0, 0.05) is 19.2 Å². The second kappa shape index (κ2) is 10.5. The summed E-state index contributed by atoms with van der Waals surface area (Å²) >= 11 is 10.3. The molecule has 8 heteroatoms. The summed E-state index contributed by atoms with van der Waals surface area (Å²) in [7, 11) is 0. The van der Waals surface area contributed by atoms with Crippen molar-refractivity contribution in [3.05, 3.63) is 97.7 Å². The van der Waals surface area contributed by atoms with E-state index in [1.807, 2.05) is 61.5 Å². The summed E-state index contributed by atoms with van der Waals surface area (Å²) < 4.78 is 15.6. The average Bonchev–Trinajstić information content (AvgIpc) is 3.11. The minimum absolute atomic E-state index is 0.282. The van der Waals surface area contributed by atoms with E-state index in [9.17, 15) is 4.79 Å². The number of halogens is 4. The molecule has 0 aliphatic carbocycles. The van der Waals surface area contributed by atoms with Gasteiger partial charge in [0.1, 0.15) is 12.4 Å². The normalized spacial score (nSPS) is 14.5. The summed E-state index contributed by atoms with van der Waals surface area (Å²) in [5, 5.41) is 0. The molecule has 0 saturated carbocycles. The maximum Gasteiger partial charge on any atom is 0.363 e. The molecule has 0 amide bonds. The molecule has 0 bridgehead atoms. The van der Waals surface area contributed by atoms with E-state index < -0.39 is 5.97 Å². The number of aryl methyl sites for hydroxylation is 1. The minimum Gasteiger partial charge on any atom is -0.487 e. The van der Waals surface area contributed by atoms with Gasteiger partial charge >= 0.3 is 5.97 Å². The SMILES string of the molecule is Cc1cc(C2=N/C(=C\c3cc(I)c(OCc4ccccc4Br)c(I)c3)C(=O)O2)ccc1I. The van der Waals surface area contributed by atoms with Gasteiger partial charge in [0.2, 0.25) is 5.90 Å². The third-order valence-electron chi connectivity index (χ3n) is 4.68. The van der Waals surface area contributed by atoms with Gasteiger partial charge in [-0.05, 0) is 128 Å². The van der Waals surface area contributed by atoms with E-state index in [0.29, 0.717) is 12.5 Å². The Labute approximate surface area is 235 Å². The van der Waals surface area contributed by atoms with Crippen LogP contribution in [0, 0.1) is 17.6 Å². The highest BCUT2D eigenvalue weighted by atomic mass is 127. The number of nitrogens with zero attached hydrogens (tertiary/aromatic N) is 1. The van der Waals surface area contributed by atoms with E-state index in [-0.39, 0.29) is 5.70 Å². The minimum atomic E-state index is -0.449. The van der Waals surface area contributed by atoms with Crippen molar-refractivity contribution in [1.29, 1.82) is 0 Å². The molecule has 0 saturated heterocycles. The van der Waals surface area contributed by atoms with Crippen LogP contribution >= 0.6 is 83.7 Å². The van der Waals surface area contributed by atoms with Crippen LogP contribution in [0.4, 0.5) is 0 Å². The molecular formula is C24H15BrI3NO3. The number of rotatable bonds is 5. The molecule has 162 valence electrons. The topological polar surface area (TPSA) is 47.9 Å². The maximum atomic E-state index is 12.4. The number of cyclic esters (lactones) is 1. The Morgan fingerprint density at radius 3 is 2.44 bits per heavy atom. The van der Waals surface area contributed by atoms with Crippen LogP contribution in [0.15, 0.2) is 69.8 Å². The highest BCUT2D eigenvalue weighted by Crippen LogP contribution is 2.32. The number of hydrogen-bond donors (Lipinski definition) is 0. The Kier molecular flexibility index (Phi) is 7.93. The van der Waals surface area contributed by atoms with Crippen molar-refractivity contribution in [2.75, 3.05) is 0 Å². The standard InChI is InChI=1S/C24H15BrI3NO3/c1-13-8-15(6-7-18(13)26)23-29-21(24(30)32-23)11-14-9-19(27)22(20(28)10-14)31-12-16-4-2-3-5-17(16)25/h2-11H,12H2,1H3/b21-11-. The van der Waals surface area contributed by atoms with Crippen molar-refractivity contribution in [2.24, 2.45) is 4.99 Å². The van der Waals surface area contributed by atoms with Crippen LogP contribution < -0.4 is 4.74 Å². The molecule has 3 aromatic rings. The molecule has 1 aliphatic heterocycles. The third kappa shape index (κ3) is 5.55. The van der Waals surface area contributed by atoms with E-state index in [4.69, 9.17) is 9.47 Å². The van der Waals surface area contributed by atoms with Crippen molar-refractivity contribution in [2.45, 2.75) is 13.5 Å². The zero-order chi connectivity index (χ0) is 22.8. The number of carbonyl (C=O) groups is 1. The number of ether oxygens (including phenoxy) is 2. The van der Waals surface area contributed by atoms with Crippen molar-refractivity contribution in [3.8, 4) is 5.75 Å².